The van der Waals surface area contributed by atoms with Crippen LogP contribution in [0.5, 0.6) is 0 Å². The minimum Gasteiger partial charge on any atom is -0.352 e. The third-order valence-corrected chi connectivity index (χ3v) is 3.79. The molecule has 0 aliphatic heterocycles. The van der Waals surface area contributed by atoms with E-state index in [-0.39, 0.29) is 11.1 Å². The summed E-state index contributed by atoms with van der Waals surface area (Å²) in [6.07, 6.45) is 1.39. The quantitative estimate of drug-likeness (QED) is 0.834. The Morgan fingerprint density at radius 3 is 2.37 bits per heavy atom. The van der Waals surface area contributed by atoms with Crippen LogP contribution in [0.2, 0.25) is 10.2 Å². The number of nitrogens with zero attached hydrogens (tertiary/aromatic N) is 1. The van der Waals surface area contributed by atoms with Crippen LogP contribution in [-0.4, -0.2) is 17.4 Å². The molecule has 0 atom stereocenters. The monoisotopic (exact) mass is 302 g/mol. The zero-order valence-corrected chi connectivity index (χ0v) is 13.2. The lowest BCUT2D eigenvalue weighted by molar-refractivity contribution is 0.0937. The number of carbonyl (C=O) groups is 1. The number of carbonyl (C=O) groups excluding carboxylic acids is 1. The highest BCUT2D eigenvalue weighted by molar-refractivity contribution is 6.35. The standard InChI is InChI=1S/C14H20Cl2N2O/c1-8(2)11(9(3)4)6-18-14(19)10-5-13(16)17-7-12(10)15/h5,7-9,11H,6H2,1-4H3,(H,18,19). The molecular weight excluding hydrogens is 283 g/mol. The van der Waals surface area contributed by atoms with E-state index in [2.05, 4.69) is 38.0 Å². The van der Waals surface area contributed by atoms with Gasteiger partial charge in [-0.25, -0.2) is 4.98 Å². The van der Waals surface area contributed by atoms with E-state index in [1.54, 1.807) is 0 Å². The molecule has 5 heteroatoms. The SMILES string of the molecule is CC(C)C(CNC(=O)c1cc(Cl)ncc1Cl)C(C)C. The van der Waals surface area contributed by atoms with Gasteiger partial charge < -0.3 is 5.32 Å². The van der Waals surface area contributed by atoms with E-state index in [0.29, 0.717) is 34.9 Å². The third-order valence-electron chi connectivity index (χ3n) is 3.28. The second-order valence-corrected chi connectivity index (χ2v) is 6.14. The number of pyridine rings is 1. The summed E-state index contributed by atoms with van der Waals surface area (Å²) < 4.78 is 0. The van der Waals surface area contributed by atoms with Gasteiger partial charge in [0.1, 0.15) is 5.15 Å². The maximum Gasteiger partial charge on any atom is 0.252 e. The van der Waals surface area contributed by atoms with E-state index >= 15 is 0 Å². The van der Waals surface area contributed by atoms with Gasteiger partial charge in [0.05, 0.1) is 10.6 Å². The summed E-state index contributed by atoms with van der Waals surface area (Å²) in [6, 6.07) is 1.49. The zero-order valence-electron chi connectivity index (χ0n) is 11.7. The molecule has 0 saturated carbocycles. The van der Waals surface area contributed by atoms with Crippen molar-refractivity contribution in [3.63, 3.8) is 0 Å². The summed E-state index contributed by atoms with van der Waals surface area (Å²) in [5, 5.41) is 3.50. The van der Waals surface area contributed by atoms with Crippen molar-refractivity contribution in [2.75, 3.05) is 6.54 Å². The van der Waals surface area contributed by atoms with Gasteiger partial charge in [0.25, 0.3) is 5.91 Å². The van der Waals surface area contributed by atoms with Gasteiger partial charge in [0, 0.05) is 12.7 Å². The van der Waals surface area contributed by atoms with Crippen molar-refractivity contribution in [2.45, 2.75) is 27.7 Å². The van der Waals surface area contributed by atoms with Gasteiger partial charge in [-0.3, -0.25) is 4.79 Å². The number of hydrogen-bond donors (Lipinski definition) is 1. The molecule has 1 N–H and O–H groups in total. The minimum absolute atomic E-state index is 0.208. The van der Waals surface area contributed by atoms with Crippen LogP contribution in [-0.2, 0) is 0 Å². The summed E-state index contributed by atoms with van der Waals surface area (Å²) in [5.74, 6) is 1.24. The van der Waals surface area contributed by atoms with Crippen LogP contribution in [0.3, 0.4) is 0 Å². The highest BCUT2D eigenvalue weighted by Crippen LogP contribution is 2.21. The second-order valence-electron chi connectivity index (χ2n) is 5.35. The normalized spacial score (nSPS) is 11.4. The van der Waals surface area contributed by atoms with E-state index in [0.717, 1.165) is 0 Å². The Morgan fingerprint density at radius 1 is 1.26 bits per heavy atom. The topological polar surface area (TPSA) is 42.0 Å². The number of aromatic nitrogens is 1. The van der Waals surface area contributed by atoms with Crippen molar-refractivity contribution in [1.82, 2.24) is 10.3 Å². The van der Waals surface area contributed by atoms with Gasteiger partial charge >= 0.3 is 0 Å². The lowest BCUT2D eigenvalue weighted by atomic mass is 9.85. The second kappa shape index (κ2) is 7.11. The van der Waals surface area contributed by atoms with Gasteiger partial charge in [-0.1, -0.05) is 50.9 Å². The van der Waals surface area contributed by atoms with Crippen LogP contribution in [0.1, 0.15) is 38.1 Å². The molecule has 0 spiro atoms. The Morgan fingerprint density at radius 2 is 1.84 bits per heavy atom. The summed E-state index contributed by atoms with van der Waals surface area (Å²) in [6.45, 7) is 9.27. The van der Waals surface area contributed by atoms with E-state index in [1.807, 2.05) is 0 Å². The van der Waals surface area contributed by atoms with E-state index in [9.17, 15) is 4.79 Å². The molecular formula is C14H20Cl2N2O. The first-order chi connectivity index (χ1) is 8.82. The molecule has 1 rings (SSSR count). The molecule has 0 bridgehead atoms. The first-order valence-electron chi connectivity index (χ1n) is 6.42. The average Bonchev–Trinajstić information content (AvgIpc) is 2.31. The summed E-state index contributed by atoms with van der Waals surface area (Å²) >= 11 is 11.7. The molecule has 106 valence electrons. The van der Waals surface area contributed by atoms with Crippen molar-refractivity contribution in [2.24, 2.45) is 17.8 Å². The minimum atomic E-state index is -0.208. The molecule has 0 aliphatic rings. The predicted molar refractivity (Wildman–Crippen MR) is 79.8 cm³/mol. The smallest absolute Gasteiger partial charge is 0.252 e. The molecule has 0 fully saturated rings. The molecule has 0 aromatic carbocycles. The van der Waals surface area contributed by atoms with Crippen LogP contribution in [0.15, 0.2) is 12.3 Å². The number of hydrogen-bond acceptors (Lipinski definition) is 2. The molecule has 0 radical (unpaired) electrons. The molecule has 1 heterocycles. The first-order valence-corrected chi connectivity index (χ1v) is 7.17. The van der Waals surface area contributed by atoms with Gasteiger partial charge in [-0.2, -0.15) is 0 Å². The molecule has 0 unspecified atom stereocenters. The zero-order chi connectivity index (χ0) is 14.6. The molecule has 0 aliphatic carbocycles. The maximum absolute atomic E-state index is 12.1. The van der Waals surface area contributed by atoms with Crippen LogP contribution in [0.4, 0.5) is 0 Å². The number of rotatable bonds is 5. The Bertz CT molecular complexity index is 439. The Labute approximate surface area is 124 Å². The van der Waals surface area contributed by atoms with E-state index < -0.39 is 0 Å². The summed E-state index contributed by atoms with van der Waals surface area (Å²) in [7, 11) is 0. The van der Waals surface area contributed by atoms with E-state index in [1.165, 1.54) is 12.3 Å². The van der Waals surface area contributed by atoms with Crippen molar-refractivity contribution in [3.05, 3.63) is 28.0 Å². The van der Waals surface area contributed by atoms with Gasteiger partial charge in [0.2, 0.25) is 0 Å². The van der Waals surface area contributed by atoms with Gasteiger partial charge in [-0.05, 0) is 23.8 Å². The largest absolute Gasteiger partial charge is 0.352 e. The maximum atomic E-state index is 12.1. The van der Waals surface area contributed by atoms with Gasteiger partial charge in [-0.15, -0.1) is 0 Å². The number of nitrogens with one attached hydrogen (secondary N) is 1. The molecule has 0 saturated heterocycles. The summed E-state index contributed by atoms with van der Waals surface area (Å²) in [4.78, 5) is 15.9. The molecule has 19 heavy (non-hydrogen) atoms. The Hall–Kier alpha value is -0.800. The average molecular weight is 303 g/mol. The van der Waals surface area contributed by atoms with E-state index in [4.69, 9.17) is 23.2 Å². The highest BCUT2D eigenvalue weighted by Gasteiger charge is 2.19. The fourth-order valence-electron chi connectivity index (χ4n) is 2.13. The molecule has 3 nitrogen and oxygen atoms in total. The Balaban J connectivity index is 2.72. The van der Waals surface area contributed by atoms with Crippen LogP contribution < -0.4 is 5.32 Å². The fourth-order valence-corrected chi connectivity index (χ4v) is 2.48. The van der Waals surface area contributed by atoms with Crippen molar-refractivity contribution >= 4 is 29.1 Å². The predicted octanol–water partition coefficient (Wildman–Crippen LogP) is 4.05. The van der Waals surface area contributed by atoms with Crippen LogP contribution >= 0.6 is 23.2 Å². The van der Waals surface area contributed by atoms with Crippen molar-refractivity contribution in [1.29, 1.82) is 0 Å². The fraction of sp³-hybridized carbons (Fsp3) is 0.571. The molecule has 1 amide bonds. The lowest BCUT2D eigenvalue weighted by Crippen LogP contribution is -2.34. The third kappa shape index (κ3) is 4.66. The highest BCUT2D eigenvalue weighted by atomic mass is 35.5. The van der Waals surface area contributed by atoms with Gasteiger partial charge in [0.15, 0.2) is 0 Å². The van der Waals surface area contributed by atoms with Crippen LogP contribution in [0, 0.1) is 17.8 Å². The van der Waals surface area contributed by atoms with Crippen molar-refractivity contribution in [3.8, 4) is 0 Å². The number of halogens is 2. The van der Waals surface area contributed by atoms with Crippen LogP contribution in [0.25, 0.3) is 0 Å². The Kier molecular flexibility index (Phi) is 6.08. The molecule has 1 aromatic rings. The lowest BCUT2D eigenvalue weighted by Gasteiger charge is -2.25. The van der Waals surface area contributed by atoms with Crippen molar-refractivity contribution < 1.29 is 4.79 Å². The first kappa shape index (κ1) is 16.3. The number of amides is 1. The molecule has 1 aromatic heterocycles. The summed E-state index contributed by atoms with van der Waals surface area (Å²) in [5.41, 5.74) is 0.368.